The van der Waals surface area contributed by atoms with Crippen LogP contribution in [0.5, 0.6) is 0 Å². The van der Waals surface area contributed by atoms with E-state index in [4.69, 9.17) is 16.4 Å². The monoisotopic (exact) mass is 288 g/mol. The minimum Gasteiger partial charge on any atom is -0.392 e. The second-order valence-corrected chi connectivity index (χ2v) is 6.47. The van der Waals surface area contributed by atoms with Crippen molar-refractivity contribution in [3.8, 4) is 0 Å². The zero-order chi connectivity index (χ0) is 13.7. The molecular weight excluding hydrogens is 264 g/mol. The third-order valence-corrected chi connectivity index (χ3v) is 4.81. The Bertz CT molecular complexity index is 313. The van der Waals surface area contributed by atoms with E-state index in [0.29, 0.717) is 11.7 Å². The molecule has 110 valence electrons. The maximum atomic E-state index is 9.91. The van der Waals surface area contributed by atoms with Crippen LogP contribution in [0, 0.1) is 5.41 Å². The van der Waals surface area contributed by atoms with Crippen molar-refractivity contribution < 1.29 is 9.94 Å². The van der Waals surface area contributed by atoms with Crippen LogP contribution in [0.1, 0.15) is 45.4 Å². The van der Waals surface area contributed by atoms with Gasteiger partial charge in [0.2, 0.25) is 0 Å². The topological polar surface area (TPSA) is 45.1 Å². The van der Waals surface area contributed by atoms with Crippen molar-refractivity contribution in [2.75, 3.05) is 26.2 Å². The largest absolute Gasteiger partial charge is 0.392 e. The third kappa shape index (κ3) is 4.33. The lowest BCUT2D eigenvalue weighted by molar-refractivity contribution is 0.0147. The summed E-state index contributed by atoms with van der Waals surface area (Å²) in [6.45, 7) is 5.17. The zero-order valence-electron chi connectivity index (χ0n) is 11.8. The molecule has 1 N–H and O–H groups in total. The standard InChI is InChI=1S/C14H25ClN2O2/c1-14(6-5-7-14)13(15)16-19-11-12(18)10-17-8-3-2-4-9-17/h12,18H,2-11H2,1H3. The molecule has 1 saturated carbocycles. The SMILES string of the molecule is CC1(C(Cl)=NOCC(O)CN2CCCCC2)CCC1. The summed E-state index contributed by atoms with van der Waals surface area (Å²) >= 11 is 6.13. The highest BCUT2D eigenvalue weighted by Gasteiger charge is 2.37. The maximum absolute atomic E-state index is 9.91. The summed E-state index contributed by atoms with van der Waals surface area (Å²) in [6.07, 6.45) is 6.65. The van der Waals surface area contributed by atoms with E-state index in [9.17, 15) is 5.11 Å². The van der Waals surface area contributed by atoms with Crippen molar-refractivity contribution in [3.05, 3.63) is 0 Å². The number of nitrogens with zero attached hydrogens (tertiary/aromatic N) is 2. The number of β-amino-alcohol motifs (C(OH)–C–C–N with tert-alkyl or cyclic N) is 1. The number of oxime groups is 1. The Balaban J connectivity index is 1.65. The van der Waals surface area contributed by atoms with Crippen LogP contribution in [0.3, 0.4) is 0 Å². The lowest BCUT2D eigenvalue weighted by atomic mass is 9.71. The minimum absolute atomic E-state index is 0.0133. The fraction of sp³-hybridized carbons (Fsp3) is 0.929. The minimum atomic E-state index is -0.486. The van der Waals surface area contributed by atoms with E-state index in [0.717, 1.165) is 25.9 Å². The second-order valence-electron chi connectivity index (χ2n) is 6.11. The van der Waals surface area contributed by atoms with Crippen LogP contribution in [0.25, 0.3) is 0 Å². The molecule has 0 amide bonds. The average molecular weight is 289 g/mol. The normalized spacial score (nSPS) is 25.7. The van der Waals surface area contributed by atoms with E-state index in [2.05, 4.69) is 17.0 Å². The summed E-state index contributed by atoms with van der Waals surface area (Å²) < 4.78 is 0. The molecule has 2 aliphatic rings. The van der Waals surface area contributed by atoms with Crippen molar-refractivity contribution >= 4 is 16.8 Å². The first kappa shape index (κ1) is 15.1. The Morgan fingerprint density at radius 3 is 2.58 bits per heavy atom. The first-order valence-electron chi connectivity index (χ1n) is 7.36. The number of likely N-dealkylation sites (tertiary alicyclic amines) is 1. The number of halogens is 1. The number of piperidine rings is 1. The zero-order valence-corrected chi connectivity index (χ0v) is 12.5. The molecular formula is C14H25ClN2O2. The highest BCUT2D eigenvalue weighted by atomic mass is 35.5. The summed E-state index contributed by atoms with van der Waals surface area (Å²) in [4.78, 5) is 7.49. The van der Waals surface area contributed by atoms with E-state index in [1.807, 2.05) is 0 Å². The van der Waals surface area contributed by atoms with Crippen molar-refractivity contribution in [2.24, 2.45) is 10.6 Å². The van der Waals surface area contributed by atoms with Gasteiger partial charge in [0.05, 0.1) is 0 Å². The second kappa shape index (κ2) is 6.91. The summed E-state index contributed by atoms with van der Waals surface area (Å²) in [5.41, 5.74) is 0.0133. The molecule has 1 atom stereocenters. The van der Waals surface area contributed by atoms with Crippen LogP contribution in [-0.4, -0.2) is 47.5 Å². The first-order chi connectivity index (χ1) is 9.10. The van der Waals surface area contributed by atoms with Gasteiger partial charge in [-0.1, -0.05) is 36.5 Å². The van der Waals surface area contributed by atoms with Gasteiger partial charge in [-0.3, -0.25) is 0 Å². The van der Waals surface area contributed by atoms with Gasteiger partial charge < -0.3 is 14.8 Å². The van der Waals surface area contributed by atoms with Gasteiger partial charge in [0, 0.05) is 12.0 Å². The summed E-state index contributed by atoms with van der Waals surface area (Å²) in [5.74, 6) is 0. The number of aliphatic hydroxyl groups is 1. The molecule has 1 heterocycles. The molecule has 0 radical (unpaired) electrons. The maximum Gasteiger partial charge on any atom is 0.151 e. The van der Waals surface area contributed by atoms with Crippen molar-refractivity contribution in [2.45, 2.75) is 51.6 Å². The first-order valence-corrected chi connectivity index (χ1v) is 7.74. The van der Waals surface area contributed by atoms with Gasteiger partial charge in [0.1, 0.15) is 12.7 Å². The van der Waals surface area contributed by atoms with Crippen LogP contribution in [0.2, 0.25) is 0 Å². The number of hydrogen-bond donors (Lipinski definition) is 1. The van der Waals surface area contributed by atoms with Crippen molar-refractivity contribution in [1.29, 1.82) is 0 Å². The number of rotatable bonds is 6. The van der Waals surface area contributed by atoms with Gasteiger partial charge in [-0.05, 0) is 38.8 Å². The van der Waals surface area contributed by atoms with E-state index in [1.165, 1.54) is 25.7 Å². The van der Waals surface area contributed by atoms with Gasteiger partial charge in [0.25, 0.3) is 0 Å². The highest BCUT2D eigenvalue weighted by molar-refractivity contribution is 6.66. The lowest BCUT2D eigenvalue weighted by Crippen LogP contribution is -2.38. The fourth-order valence-corrected chi connectivity index (χ4v) is 2.93. The molecule has 1 saturated heterocycles. The van der Waals surface area contributed by atoms with Crippen molar-refractivity contribution in [3.63, 3.8) is 0 Å². The third-order valence-electron chi connectivity index (χ3n) is 4.28. The predicted octanol–water partition coefficient (Wildman–Crippen LogP) is 2.59. The van der Waals surface area contributed by atoms with E-state index >= 15 is 0 Å². The Morgan fingerprint density at radius 2 is 2.00 bits per heavy atom. The quantitative estimate of drug-likeness (QED) is 0.603. The highest BCUT2D eigenvalue weighted by Crippen LogP contribution is 2.42. The average Bonchev–Trinajstić information content (AvgIpc) is 2.37. The van der Waals surface area contributed by atoms with Crippen LogP contribution in [0.15, 0.2) is 5.16 Å². The predicted molar refractivity (Wildman–Crippen MR) is 77.5 cm³/mol. The molecule has 1 aliphatic carbocycles. The molecule has 1 aliphatic heterocycles. The van der Waals surface area contributed by atoms with Gasteiger partial charge >= 0.3 is 0 Å². The van der Waals surface area contributed by atoms with Gasteiger partial charge in [-0.2, -0.15) is 0 Å². The molecule has 0 aromatic rings. The Labute approximate surface area is 120 Å². The molecule has 4 nitrogen and oxygen atoms in total. The van der Waals surface area contributed by atoms with Crippen molar-refractivity contribution in [1.82, 2.24) is 4.90 Å². The van der Waals surface area contributed by atoms with E-state index in [-0.39, 0.29) is 12.0 Å². The number of aliphatic hydroxyl groups excluding tert-OH is 1. The molecule has 0 spiro atoms. The summed E-state index contributed by atoms with van der Waals surface area (Å²) in [5, 5.41) is 14.4. The molecule has 1 unspecified atom stereocenters. The Morgan fingerprint density at radius 1 is 1.32 bits per heavy atom. The van der Waals surface area contributed by atoms with Crippen LogP contribution in [-0.2, 0) is 4.84 Å². The molecule has 0 aromatic carbocycles. The number of hydrogen-bond acceptors (Lipinski definition) is 4. The lowest BCUT2D eigenvalue weighted by Gasteiger charge is -2.36. The molecule has 5 heteroatoms. The Hall–Kier alpha value is -0.320. The molecule has 19 heavy (non-hydrogen) atoms. The van der Waals surface area contributed by atoms with Crippen LogP contribution >= 0.6 is 11.6 Å². The molecule has 2 fully saturated rings. The summed E-state index contributed by atoms with van der Waals surface area (Å²) in [7, 11) is 0. The van der Waals surface area contributed by atoms with Crippen LogP contribution < -0.4 is 0 Å². The smallest absolute Gasteiger partial charge is 0.151 e. The van der Waals surface area contributed by atoms with Gasteiger partial charge in [-0.15, -0.1) is 0 Å². The molecule has 2 rings (SSSR count). The van der Waals surface area contributed by atoms with Gasteiger partial charge in [-0.25, -0.2) is 0 Å². The summed E-state index contributed by atoms with van der Waals surface area (Å²) in [6, 6.07) is 0. The fourth-order valence-electron chi connectivity index (χ4n) is 2.70. The van der Waals surface area contributed by atoms with Gasteiger partial charge in [0.15, 0.2) is 5.17 Å². The van der Waals surface area contributed by atoms with E-state index in [1.54, 1.807) is 0 Å². The molecule has 0 aromatic heterocycles. The van der Waals surface area contributed by atoms with Crippen LogP contribution in [0.4, 0.5) is 0 Å². The van der Waals surface area contributed by atoms with E-state index < -0.39 is 6.10 Å². The Kier molecular flexibility index (Phi) is 5.48. The molecule has 0 bridgehead atoms.